The van der Waals surface area contributed by atoms with Gasteiger partial charge in [0, 0.05) is 32.7 Å². The average Bonchev–Trinajstić information content (AvgIpc) is 2.24. The molecule has 0 bridgehead atoms. The van der Waals surface area contributed by atoms with E-state index < -0.39 is 0 Å². The summed E-state index contributed by atoms with van der Waals surface area (Å²) in [6, 6.07) is 0. The van der Waals surface area contributed by atoms with E-state index in [4.69, 9.17) is 22.6 Å². The smallest absolute Gasteiger partial charge is 0.185 e. The van der Waals surface area contributed by atoms with Gasteiger partial charge < -0.3 is 27.8 Å². The molecule has 0 radical (unpaired) electrons. The molecule has 8 nitrogen and oxygen atoms in total. The summed E-state index contributed by atoms with van der Waals surface area (Å²) < 4.78 is 0. The molecular formula is C9H24N8. The fourth-order valence-electron chi connectivity index (χ4n) is 1.27. The summed E-state index contributed by atoms with van der Waals surface area (Å²) in [5.41, 5.74) is 15.7. The molecule has 0 aromatic carbocycles. The quantitative estimate of drug-likeness (QED) is 0.192. The molecule has 0 aromatic heterocycles. The lowest BCUT2D eigenvalue weighted by Crippen LogP contribution is -2.41. The van der Waals surface area contributed by atoms with Crippen LogP contribution in [0.2, 0.25) is 0 Å². The maximum absolute atomic E-state index is 7.05. The first-order chi connectivity index (χ1) is 8.06. The second-order valence-electron chi connectivity index (χ2n) is 3.59. The molecule has 0 aromatic rings. The van der Waals surface area contributed by atoms with E-state index in [9.17, 15) is 0 Å². The number of rotatable bonds is 9. The van der Waals surface area contributed by atoms with Crippen LogP contribution in [0.3, 0.4) is 0 Å². The van der Waals surface area contributed by atoms with Gasteiger partial charge in [0.05, 0.1) is 6.54 Å². The molecule has 0 aliphatic heterocycles. The third-order valence-corrected chi connectivity index (χ3v) is 2.13. The number of nitrogens with zero attached hydrogens (tertiary/aromatic N) is 2. The molecule has 100 valence electrons. The van der Waals surface area contributed by atoms with Gasteiger partial charge in [-0.15, -0.1) is 0 Å². The maximum Gasteiger partial charge on any atom is 0.185 e. The van der Waals surface area contributed by atoms with Crippen LogP contribution in [0, 0.1) is 5.41 Å². The molecule has 0 atom stereocenters. The molecule has 0 amide bonds. The van der Waals surface area contributed by atoms with Crippen LogP contribution in [0.25, 0.3) is 0 Å². The first-order valence-electron chi connectivity index (χ1n) is 5.56. The lowest BCUT2D eigenvalue weighted by molar-refractivity contribution is 0.287. The van der Waals surface area contributed by atoms with Crippen molar-refractivity contribution in [1.82, 2.24) is 15.5 Å². The van der Waals surface area contributed by atoms with Gasteiger partial charge in [0.25, 0.3) is 0 Å². The van der Waals surface area contributed by atoms with Gasteiger partial charge in [-0.3, -0.25) is 15.3 Å². The van der Waals surface area contributed by atoms with Gasteiger partial charge in [-0.1, -0.05) is 0 Å². The Hall–Kier alpha value is -1.54. The third-order valence-electron chi connectivity index (χ3n) is 2.13. The van der Waals surface area contributed by atoms with E-state index in [0.717, 1.165) is 26.2 Å². The summed E-state index contributed by atoms with van der Waals surface area (Å²) in [4.78, 5) is 6.13. The Labute approximate surface area is 102 Å². The van der Waals surface area contributed by atoms with Crippen molar-refractivity contribution in [2.24, 2.45) is 22.2 Å². The van der Waals surface area contributed by atoms with Gasteiger partial charge in [0.1, 0.15) is 0 Å². The van der Waals surface area contributed by atoms with Crippen molar-refractivity contribution >= 4 is 11.9 Å². The first kappa shape index (κ1) is 15.5. The SMILES string of the molecule is CNCCN(CCN=C(N)N)CCNC(=N)N. The van der Waals surface area contributed by atoms with Crippen LogP contribution in [0.5, 0.6) is 0 Å². The summed E-state index contributed by atoms with van der Waals surface area (Å²) in [5.74, 6) is 0.100. The monoisotopic (exact) mass is 244 g/mol. The summed E-state index contributed by atoms with van der Waals surface area (Å²) in [6.45, 7) is 4.57. The number of hydrogen-bond acceptors (Lipinski definition) is 4. The van der Waals surface area contributed by atoms with Gasteiger partial charge in [0.2, 0.25) is 0 Å². The zero-order valence-electron chi connectivity index (χ0n) is 10.4. The zero-order chi connectivity index (χ0) is 13.1. The van der Waals surface area contributed by atoms with E-state index in [0.29, 0.717) is 13.1 Å². The number of hydrogen-bond donors (Lipinski definition) is 6. The number of likely N-dealkylation sites (N-methyl/N-ethyl adjacent to an activating group) is 1. The summed E-state index contributed by atoms with van der Waals surface area (Å²) in [5, 5.41) is 12.9. The molecule has 0 spiro atoms. The second-order valence-corrected chi connectivity index (χ2v) is 3.59. The largest absolute Gasteiger partial charge is 0.370 e. The molecule has 0 saturated heterocycles. The number of nitrogens with one attached hydrogen (secondary N) is 3. The Bertz CT molecular complexity index is 235. The number of guanidine groups is 2. The molecule has 0 rings (SSSR count). The van der Waals surface area contributed by atoms with E-state index in [-0.39, 0.29) is 11.9 Å². The van der Waals surface area contributed by atoms with E-state index in [2.05, 4.69) is 20.5 Å². The van der Waals surface area contributed by atoms with Crippen LogP contribution in [-0.4, -0.2) is 63.1 Å². The normalized spacial score (nSPS) is 10.2. The minimum absolute atomic E-state index is 0.0113. The number of nitrogens with two attached hydrogens (primary N) is 3. The lowest BCUT2D eigenvalue weighted by atomic mass is 10.4. The summed E-state index contributed by atoms with van der Waals surface area (Å²) in [6.07, 6.45) is 0. The Morgan fingerprint density at radius 2 is 1.82 bits per heavy atom. The second kappa shape index (κ2) is 9.67. The van der Waals surface area contributed by atoms with E-state index in [1.165, 1.54) is 0 Å². The highest BCUT2D eigenvalue weighted by atomic mass is 15.2. The topological polar surface area (TPSA) is 142 Å². The minimum atomic E-state index is -0.0113. The van der Waals surface area contributed by atoms with Crippen LogP contribution >= 0.6 is 0 Å². The Morgan fingerprint density at radius 3 is 2.35 bits per heavy atom. The summed E-state index contributed by atoms with van der Waals surface area (Å²) >= 11 is 0. The van der Waals surface area contributed by atoms with Crippen LogP contribution in [0.15, 0.2) is 4.99 Å². The van der Waals surface area contributed by atoms with Gasteiger partial charge in [-0.05, 0) is 7.05 Å². The van der Waals surface area contributed by atoms with Gasteiger partial charge in [-0.25, -0.2) is 0 Å². The fourth-order valence-corrected chi connectivity index (χ4v) is 1.27. The van der Waals surface area contributed by atoms with Crippen molar-refractivity contribution in [3.05, 3.63) is 0 Å². The molecular weight excluding hydrogens is 220 g/mol. The van der Waals surface area contributed by atoms with Crippen molar-refractivity contribution in [3.63, 3.8) is 0 Å². The predicted molar refractivity (Wildman–Crippen MR) is 71.0 cm³/mol. The highest BCUT2D eigenvalue weighted by Gasteiger charge is 2.03. The molecule has 0 saturated carbocycles. The molecule has 0 aliphatic rings. The highest BCUT2D eigenvalue weighted by molar-refractivity contribution is 5.75. The standard InChI is InChI=1S/C9H24N8/c1-14-2-5-17(6-3-15-8(10)11)7-4-16-9(12)13/h14H,2-7H2,1H3,(H4,10,11,15)(H4,12,13,16). The zero-order valence-corrected chi connectivity index (χ0v) is 10.4. The van der Waals surface area contributed by atoms with Crippen LogP contribution in [0.4, 0.5) is 0 Å². The van der Waals surface area contributed by atoms with Crippen molar-refractivity contribution < 1.29 is 0 Å². The van der Waals surface area contributed by atoms with E-state index >= 15 is 0 Å². The van der Waals surface area contributed by atoms with Gasteiger partial charge in [0.15, 0.2) is 11.9 Å². The molecule has 17 heavy (non-hydrogen) atoms. The van der Waals surface area contributed by atoms with Crippen LogP contribution in [0.1, 0.15) is 0 Å². The average molecular weight is 244 g/mol. The molecule has 0 fully saturated rings. The Balaban J connectivity index is 3.86. The van der Waals surface area contributed by atoms with Crippen molar-refractivity contribution in [2.45, 2.75) is 0 Å². The highest BCUT2D eigenvalue weighted by Crippen LogP contribution is 1.87. The number of aliphatic imine (C=N–C) groups is 1. The van der Waals surface area contributed by atoms with E-state index in [1.54, 1.807) is 0 Å². The first-order valence-corrected chi connectivity index (χ1v) is 5.56. The van der Waals surface area contributed by atoms with Crippen LogP contribution in [-0.2, 0) is 0 Å². The Kier molecular flexibility index (Phi) is 8.79. The lowest BCUT2D eigenvalue weighted by Gasteiger charge is -2.21. The Morgan fingerprint density at radius 1 is 1.18 bits per heavy atom. The predicted octanol–water partition coefficient (Wildman–Crippen LogP) is -2.74. The van der Waals surface area contributed by atoms with Crippen molar-refractivity contribution in [3.8, 4) is 0 Å². The minimum Gasteiger partial charge on any atom is -0.370 e. The molecule has 8 heteroatoms. The molecule has 9 N–H and O–H groups in total. The van der Waals surface area contributed by atoms with E-state index in [1.807, 2.05) is 7.05 Å². The summed E-state index contributed by atoms with van der Waals surface area (Å²) in [7, 11) is 1.90. The van der Waals surface area contributed by atoms with Gasteiger partial charge >= 0.3 is 0 Å². The van der Waals surface area contributed by atoms with Gasteiger partial charge in [-0.2, -0.15) is 0 Å². The van der Waals surface area contributed by atoms with Crippen LogP contribution < -0.4 is 27.8 Å². The molecule has 0 heterocycles. The maximum atomic E-state index is 7.05. The fraction of sp³-hybridized carbons (Fsp3) is 0.778. The molecule has 0 aliphatic carbocycles. The van der Waals surface area contributed by atoms with Crippen molar-refractivity contribution in [1.29, 1.82) is 5.41 Å². The van der Waals surface area contributed by atoms with Crippen molar-refractivity contribution in [2.75, 3.05) is 46.3 Å². The molecule has 0 unspecified atom stereocenters. The third kappa shape index (κ3) is 10.7.